The van der Waals surface area contributed by atoms with Crippen LogP contribution < -0.4 is 5.09 Å². The highest BCUT2D eigenvalue weighted by Gasteiger charge is 2.38. The number of rotatable bonds is 10. The van der Waals surface area contributed by atoms with Crippen molar-refractivity contribution in [2.75, 3.05) is 26.0 Å². The molecule has 1 saturated carbocycles. The van der Waals surface area contributed by atoms with Gasteiger partial charge in [-0.3, -0.25) is 0 Å². The second-order valence-electron chi connectivity index (χ2n) is 7.45. The van der Waals surface area contributed by atoms with E-state index in [1.54, 1.807) is 0 Å². The minimum atomic E-state index is -2.26. The fourth-order valence-corrected chi connectivity index (χ4v) is 6.77. The standard InChI is InChI=1S/C17H36NO2PS2/c1-7-19-21(22,20-8-2)18-11-9-10-14-12-15(17(3,4)5)13-16(14)23-6/h14-16H,7-13H2,1-6H3,(H,18,22). The van der Waals surface area contributed by atoms with Crippen LogP contribution in [0.3, 0.4) is 0 Å². The predicted octanol–water partition coefficient (Wildman–Crippen LogP) is 5.46. The van der Waals surface area contributed by atoms with E-state index in [1.165, 1.54) is 19.3 Å². The topological polar surface area (TPSA) is 30.5 Å². The third-order valence-electron chi connectivity index (χ3n) is 4.81. The fourth-order valence-electron chi connectivity index (χ4n) is 3.43. The van der Waals surface area contributed by atoms with Gasteiger partial charge in [-0.15, -0.1) is 0 Å². The Morgan fingerprint density at radius 3 is 2.26 bits per heavy atom. The van der Waals surface area contributed by atoms with Gasteiger partial charge in [-0.2, -0.15) is 11.8 Å². The smallest absolute Gasteiger partial charge is 0.261 e. The summed E-state index contributed by atoms with van der Waals surface area (Å²) < 4.78 is 11.3. The summed E-state index contributed by atoms with van der Waals surface area (Å²) in [4.78, 5) is 0. The van der Waals surface area contributed by atoms with Crippen molar-refractivity contribution in [1.29, 1.82) is 0 Å². The van der Waals surface area contributed by atoms with Crippen LogP contribution in [0.15, 0.2) is 0 Å². The van der Waals surface area contributed by atoms with E-state index in [0.717, 1.165) is 30.1 Å². The Morgan fingerprint density at radius 2 is 1.78 bits per heavy atom. The lowest BCUT2D eigenvalue weighted by Crippen LogP contribution is -2.18. The number of hydrogen-bond acceptors (Lipinski definition) is 4. The zero-order valence-electron chi connectivity index (χ0n) is 15.8. The molecule has 0 heterocycles. The van der Waals surface area contributed by atoms with Gasteiger partial charge in [0.25, 0.3) is 6.64 Å². The van der Waals surface area contributed by atoms with E-state index in [0.29, 0.717) is 18.6 Å². The molecule has 3 atom stereocenters. The molecule has 0 saturated heterocycles. The largest absolute Gasteiger partial charge is 0.318 e. The molecule has 1 fully saturated rings. The van der Waals surface area contributed by atoms with Gasteiger partial charge < -0.3 is 9.05 Å². The van der Waals surface area contributed by atoms with Crippen molar-refractivity contribution in [2.24, 2.45) is 17.3 Å². The van der Waals surface area contributed by atoms with E-state index < -0.39 is 6.64 Å². The van der Waals surface area contributed by atoms with E-state index >= 15 is 0 Å². The summed E-state index contributed by atoms with van der Waals surface area (Å²) in [7, 11) is 0. The summed E-state index contributed by atoms with van der Waals surface area (Å²) >= 11 is 7.57. The fraction of sp³-hybridized carbons (Fsp3) is 1.00. The first kappa shape index (κ1) is 21.9. The first-order valence-electron chi connectivity index (χ1n) is 8.92. The first-order chi connectivity index (χ1) is 10.8. The van der Waals surface area contributed by atoms with E-state index in [-0.39, 0.29) is 0 Å². The molecule has 23 heavy (non-hydrogen) atoms. The Hall–Kier alpha value is 0.880. The van der Waals surface area contributed by atoms with Crippen molar-refractivity contribution in [3.63, 3.8) is 0 Å². The van der Waals surface area contributed by atoms with Gasteiger partial charge in [-0.1, -0.05) is 20.8 Å². The van der Waals surface area contributed by atoms with Crippen molar-refractivity contribution in [3.8, 4) is 0 Å². The highest BCUT2D eigenvalue weighted by molar-refractivity contribution is 8.08. The summed E-state index contributed by atoms with van der Waals surface area (Å²) in [6.45, 7) is 10.9. The zero-order chi connectivity index (χ0) is 17.5. The number of hydrogen-bond donors (Lipinski definition) is 1. The molecule has 0 aromatic rings. The monoisotopic (exact) mass is 381 g/mol. The molecule has 0 aliphatic heterocycles. The normalized spacial score (nSPS) is 25.9. The molecule has 1 N–H and O–H groups in total. The van der Waals surface area contributed by atoms with E-state index in [9.17, 15) is 0 Å². The summed E-state index contributed by atoms with van der Waals surface area (Å²) in [6, 6.07) is 0. The van der Waals surface area contributed by atoms with Gasteiger partial charge in [-0.05, 0) is 74.8 Å². The maximum Gasteiger partial charge on any atom is 0.261 e. The predicted molar refractivity (Wildman–Crippen MR) is 108 cm³/mol. The van der Waals surface area contributed by atoms with Gasteiger partial charge in [0.05, 0.1) is 13.2 Å². The molecular weight excluding hydrogens is 345 g/mol. The zero-order valence-corrected chi connectivity index (χ0v) is 18.3. The molecule has 6 heteroatoms. The third-order valence-corrected chi connectivity index (χ3v) is 8.82. The first-order valence-corrected chi connectivity index (χ1v) is 12.8. The summed E-state index contributed by atoms with van der Waals surface area (Å²) in [5.41, 5.74) is 0.437. The van der Waals surface area contributed by atoms with Gasteiger partial charge in [0.2, 0.25) is 0 Å². The molecule has 0 spiro atoms. The van der Waals surface area contributed by atoms with Crippen LogP contribution in [0.4, 0.5) is 0 Å². The lowest BCUT2D eigenvalue weighted by molar-refractivity contribution is 0.237. The molecule has 1 aliphatic carbocycles. The second kappa shape index (κ2) is 10.1. The van der Waals surface area contributed by atoms with Crippen LogP contribution in [-0.4, -0.2) is 31.3 Å². The van der Waals surface area contributed by atoms with Gasteiger partial charge >= 0.3 is 0 Å². The summed E-state index contributed by atoms with van der Waals surface area (Å²) in [5, 5.41) is 4.19. The van der Waals surface area contributed by atoms with Crippen LogP contribution in [0.1, 0.15) is 60.3 Å². The van der Waals surface area contributed by atoms with Crippen molar-refractivity contribution >= 4 is 30.2 Å². The maximum absolute atomic E-state index is 5.63. The molecule has 0 bridgehead atoms. The van der Waals surface area contributed by atoms with Crippen LogP contribution >= 0.6 is 18.4 Å². The van der Waals surface area contributed by atoms with Crippen molar-refractivity contribution < 1.29 is 9.05 Å². The summed E-state index contributed by atoms with van der Waals surface area (Å²) in [6.07, 6.45) is 7.44. The van der Waals surface area contributed by atoms with Crippen LogP contribution in [0.2, 0.25) is 0 Å². The molecule has 138 valence electrons. The van der Waals surface area contributed by atoms with Gasteiger partial charge in [-0.25, -0.2) is 5.09 Å². The lowest BCUT2D eigenvalue weighted by atomic mass is 9.79. The van der Waals surface area contributed by atoms with E-state index in [2.05, 4.69) is 43.9 Å². The lowest BCUT2D eigenvalue weighted by Gasteiger charge is -2.27. The SMILES string of the molecule is CCOP(=S)(NCCCC1CC(C(C)(C)C)CC1SC)OCC. The van der Waals surface area contributed by atoms with Crippen LogP contribution in [0, 0.1) is 17.3 Å². The average molecular weight is 382 g/mol. The Bertz CT molecular complexity index is 377. The van der Waals surface area contributed by atoms with Crippen LogP contribution in [0.25, 0.3) is 0 Å². The molecule has 1 rings (SSSR count). The Kier molecular flexibility index (Phi) is 9.66. The molecule has 0 amide bonds. The van der Waals surface area contributed by atoms with E-state index in [1.807, 2.05) is 13.8 Å². The third kappa shape index (κ3) is 7.33. The van der Waals surface area contributed by atoms with Gasteiger partial charge in [0.15, 0.2) is 0 Å². The maximum atomic E-state index is 5.63. The molecule has 0 radical (unpaired) electrons. The van der Waals surface area contributed by atoms with Gasteiger partial charge in [0.1, 0.15) is 0 Å². The highest BCUT2D eigenvalue weighted by Crippen LogP contribution is 2.48. The minimum absolute atomic E-state index is 0.437. The van der Waals surface area contributed by atoms with Crippen molar-refractivity contribution in [3.05, 3.63) is 0 Å². The minimum Gasteiger partial charge on any atom is -0.318 e. The average Bonchev–Trinajstić information content (AvgIpc) is 2.87. The Labute approximate surface area is 153 Å². The molecule has 0 aromatic heterocycles. The Morgan fingerprint density at radius 1 is 1.17 bits per heavy atom. The van der Waals surface area contributed by atoms with E-state index in [4.69, 9.17) is 20.9 Å². The Balaban J connectivity index is 2.41. The molecule has 1 aliphatic rings. The highest BCUT2D eigenvalue weighted by atomic mass is 32.5. The van der Waals surface area contributed by atoms with Crippen LogP contribution in [-0.2, 0) is 20.9 Å². The number of nitrogens with one attached hydrogen (secondary N) is 1. The van der Waals surface area contributed by atoms with Crippen molar-refractivity contribution in [1.82, 2.24) is 5.09 Å². The second-order valence-corrected chi connectivity index (χ2v) is 11.8. The van der Waals surface area contributed by atoms with Gasteiger partial charge in [0, 0.05) is 11.8 Å². The van der Waals surface area contributed by atoms with Crippen molar-refractivity contribution in [2.45, 2.75) is 65.6 Å². The molecular formula is C17H36NO2PS2. The summed E-state index contributed by atoms with van der Waals surface area (Å²) in [5.74, 6) is 1.70. The molecule has 3 nitrogen and oxygen atoms in total. The molecule has 0 aromatic carbocycles. The van der Waals surface area contributed by atoms with Crippen LogP contribution in [0.5, 0.6) is 0 Å². The number of thioether (sulfide) groups is 1. The molecule has 3 unspecified atom stereocenters. The quantitative estimate of drug-likeness (QED) is 0.401.